The summed E-state index contributed by atoms with van der Waals surface area (Å²) in [5, 5.41) is 0. The molecule has 0 unspecified atom stereocenters. The van der Waals surface area contributed by atoms with E-state index in [2.05, 4.69) is 0 Å². The van der Waals surface area contributed by atoms with Crippen LogP contribution in [0.15, 0.2) is 0 Å². The molecule has 0 bridgehead atoms. The van der Waals surface area contributed by atoms with Gasteiger partial charge in [-0.25, -0.2) is 13.2 Å². The van der Waals surface area contributed by atoms with E-state index in [-0.39, 0.29) is 0 Å². The average Bonchev–Trinajstić information content (AvgIpc) is 2.49. The largest absolute Gasteiger partial charge is 0.484 e. The van der Waals surface area contributed by atoms with Crippen molar-refractivity contribution in [2.24, 2.45) is 5.73 Å². The lowest BCUT2D eigenvalue weighted by atomic mass is 10.1. The fraction of sp³-hybridized carbons (Fsp3) is 0.538. The molecule has 1 saturated heterocycles. The van der Waals surface area contributed by atoms with E-state index in [0.29, 0.717) is 39.0 Å². The molecule has 1 aliphatic rings. The molecular formula is C13H15F5N2O. The normalized spacial score (nSPS) is 17.2. The van der Waals surface area contributed by atoms with E-state index < -0.39 is 40.9 Å². The zero-order valence-corrected chi connectivity index (χ0v) is 11.1. The fourth-order valence-electron chi connectivity index (χ4n) is 2.29. The minimum Gasteiger partial charge on any atom is -0.484 e. The number of nitrogens with zero attached hydrogens (tertiary/aromatic N) is 1. The molecule has 0 aromatic heterocycles. The molecule has 2 N–H and O–H groups in total. The molecule has 2 rings (SSSR count). The first-order chi connectivity index (χ1) is 9.95. The Bertz CT molecular complexity index is 489. The third-order valence-electron chi connectivity index (χ3n) is 3.43. The Morgan fingerprint density at radius 3 is 1.86 bits per heavy atom. The van der Waals surface area contributed by atoms with Gasteiger partial charge in [-0.05, 0) is 12.8 Å². The zero-order valence-electron chi connectivity index (χ0n) is 11.1. The molecule has 0 radical (unpaired) electrons. The molecule has 0 spiro atoms. The van der Waals surface area contributed by atoms with Crippen molar-refractivity contribution in [1.29, 1.82) is 0 Å². The lowest BCUT2D eigenvalue weighted by Gasteiger charge is -2.31. The van der Waals surface area contributed by atoms with Gasteiger partial charge in [0.25, 0.3) is 0 Å². The third kappa shape index (κ3) is 3.26. The van der Waals surface area contributed by atoms with Crippen LogP contribution in [0.1, 0.15) is 12.8 Å². The number of likely N-dealkylation sites (tertiary alicyclic amines) is 1. The van der Waals surface area contributed by atoms with Gasteiger partial charge < -0.3 is 15.4 Å². The van der Waals surface area contributed by atoms with Crippen LogP contribution in [0.5, 0.6) is 5.75 Å². The van der Waals surface area contributed by atoms with Crippen LogP contribution in [0.25, 0.3) is 0 Å². The first-order valence-corrected chi connectivity index (χ1v) is 6.56. The summed E-state index contributed by atoms with van der Waals surface area (Å²) in [5.74, 6) is -11.3. The molecule has 0 saturated carbocycles. The quantitative estimate of drug-likeness (QED) is 0.526. The van der Waals surface area contributed by atoms with Gasteiger partial charge >= 0.3 is 0 Å². The second kappa shape index (κ2) is 6.57. The highest BCUT2D eigenvalue weighted by molar-refractivity contribution is 5.30. The maximum absolute atomic E-state index is 13.5. The second-order valence-corrected chi connectivity index (χ2v) is 4.85. The molecule has 0 atom stereocenters. The molecule has 21 heavy (non-hydrogen) atoms. The van der Waals surface area contributed by atoms with Crippen molar-refractivity contribution in [3.8, 4) is 5.75 Å². The lowest BCUT2D eigenvalue weighted by molar-refractivity contribution is 0.0926. The molecule has 1 aliphatic heterocycles. The van der Waals surface area contributed by atoms with Gasteiger partial charge in [-0.2, -0.15) is 8.78 Å². The van der Waals surface area contributed by atoms with Crippen LogP contribution in [-0.4, -0.2) is 37.2 Å². The SMILES string of the molecule is NCCN1CCC(Oc2c(F)c(F)c(F)c(F)c2F)CC1. The van der Waals surface area contributed by atoms with Gasteiger partial charge in [0.15, 0.2) is 5.75 Å². The van der Waals surface area contributed by atoms with E-state index in [1.54, 1.807) is 0 Å². The minimum atomic E-state index is -2.19. The van der Waals surface area contributed by atoms with Crippen LogP contribution >= 0.6 is 0 Å². The van der Waals surface area contributed by atoms with Gasteiger partial charge in [0.2, 0.25) is 29.1 Å². The maximum atomic E-state index is 13.5. The van der Waals surface area contributed by atoms with Gasteiger partial charge in [-0.1, -0.05) is 0 Å². The van der Waals surface area contributed by atoms with Gasteiger partial charge in [0, 0.05) is 26.2 Å². The highest BCUT2D eigenvalue weighted by Gasteiger charge is 2.29. The highest BCUT2D eigenvalue weighted by Crippen LogP contribution is 2.31. The van der Waals surface area contributed by atoms with Crippen molar-refractivity contribution < 1.29 is 26.7 Å². The Hall–Kier alpha value is -1.41. The van der Waals surface area contributed by atoms with Crippen LogP contribution in [0, 0.1) is 29.1 Å². The van der Waals surface area contributed by atoms with Gasteiger partial charge in [0.1, 0.15) is 6.10 Å². The number of halogens is 5. The van der Waals surface area contributed by atoms with Crippen molar-refractivity contribution >= 4 is 0 Å². The molecule has 1 fully saturated rings. The first-order valence-electron chi connectivity index (χ1n) is 6.56. The Balaban J connectivity index is 2.11. The van der Waals surface area contributed by atoms with Gasteiger partial charge in [-0.3, -0.25) is 0 Å². The number of nitrogens with two attached hydrogens (primary N) is 1. The number of rotatable bonds is 4. The molecule has 3 nitrogen and oxygen atoms in total. The lowest BCUT2D eigenvalue weighted by Crippen LogP contribution is -2.40. The fourth-order valence-corrected chi connectivity index (χ4v) is 2.29. The predicted octanol–water partition coefficient (Wildman–Crippen LogP) is 2.18. The van der Waals surface area contributed by atoms with Crippen molar-refractivity contribution in [1.82, 2.24) is 4.90 Å². The summed E-state index contributed by atoms with van der Waals surface area (Å²) < 4.78 is 71.0. The van der Waals surface area contributed by atoms with Crippen LogP contribution in [0.2, 0.25) is 0 Å². The topological polar surface area (TPSA) is 38.5 Å². The average molecular weight is 310 g/mol. The summed E-state index contributed by atoms with van der Waals surface area (Å²) >= 11 is 0. The molecule has 0 amide bonds. The maximum Gasteiger partial charge on any atom is 0.207 e. The standard InChI is InChI=1S/C13H15F5N2O/c14-8-9(15)11(17)13(12(18)10(8)16)21-7-1-4-20(5-2-7)6-3-19/h7H,1-6,19H2. The monoisotopic (exact) mass is 310 g/mol. The Kier molecular flexibility index (Phi) is 5.00. The number of piperidine rings is 1. The van der Waals surface area contributed by atoms with Crippen molar-refractivity contribution in [3.63, 3.8) is 0 Å². The smallest absolute Gasteiger partial charge is 0.207 e. The van der Waals surface area contributed by atoms with Crippen molar-refractivity contribution in [2.75, 3.05) is 26.2 Å². The predicted molar refractivity (Wildman–Crippen MR) is 65.4 cm³/mol. The van der Waals surface area contributed by atoms with E-state index in [9.17, 15) is 22.0 Å². The van der Waals surface area contributed by atoms with Crippen LogP contribution in [-0.2, 0) is 0 Å². The van der Waals surface area contributed by atoms with Gasteiger partial charge in [0.05, 0.1) is 0 Å². The summed E-state index contributed by atoms with van der Waals surface area (Å²) in [5.41, 5.74) is 5.41. The Labute approximate surface area is 118 Å². The Morgan fingerprint density at radius 2 is 1.38 bits per heavy atom. The van der Waals surface area contributed by atoms with Crippen molar-refractivity contribution in [3.05, 3.63) is 29.1 Å². The molecule has 1 aromatic carbocycles. The molecule has 1 aromatic rings. The highest BCUT2D eigenvalue weighted by atomic mass is 19.2. The zero-order chi connectivity index (χ0) is 15.6. The van der Waals surface area contributed by atoms with E-state index >= 15 is 0 Å². The van der Waals surface area contributed by atoms with E-state index in [1.807, 2.05) is 4.90 Å². The minimum absolute atomic E-state index is 0.430. The van der Waals surface area contributed by atoms with Gasteiger partial charge in [-0.15, -0.1) is 0 Å². The molecule has 8 heteroatoms. The number of benzene rings is 1. The number of hydrogen-bond donors (Lipinski definition) is 1. The van der Waals surface area contributed by atoms with Crippen molar-refractivity contribution in [2.45, 2.75) is 18.9 Å². The molecule has 1 heterocycles. The van der Waals surface area contributed by atoms with E-state index in [0.717, 1.165) is 0 Å². The molecular weight excluding hydrogens is 295 g/mol. The number of ether oxygens (including phenoxy) is 1. The second-order valence-electron chi connectivity index (χ2n) is 4.85. The summed E-state index contributed by atoms with van der Waals surface area (Å²) in [6, 6.07) is 0. The Morgan fingerprint density at radius 1 is 0.905 bits per heavy atom. The van der Waals surface area contributed by atoms with E-state index in [4.69, 9.17) is 10.5 Å². The van der Waals surface area contributed by atoms with Crippen LogP contribution < -0.4 is 10.5 Å². The summed E-state index contributed by atoms with van der Waals surface area (Å²) in [6.45, 7) is 2.37. The first kappa shape index (κ1) is 16.0. The summed E-state index contributed by atoms with van der Waals surface area (Å²) in [4.78, 5) is 2.04. The van der Waals surface area contributed by atoms with Crippen LogP contribution in [0.3, 0.4) is 0 Å². The van der Waals surface area contributed by atoms with E-state index in [1.165, 1.54) is 0 Å². The van der Waals surface area contributed by atoms with Crippen LogP contribution in [0.4, 0.5) is 22.0 Å². The summed E-state index contributed by atoms with van der Waals surface area (Å²) in [7, 11) is 0. The number of hydrogen-bond acceptors (Lipinski definition) is 3. The molecule has 0 aliphatic carbocycles. The summed E-state index contributed by atoms with van der Waals surface area (Å²) in [6.07, 6.45) is 0.270. The molecule has 118 valence electrons. The third-order valence-corrected chi connectivity index (χ3v) is 3.43.